The number of anilines is 1. The molecule has 0 saturated heterocycles. The normalized spacial score (nSPS) is 10.3. The van der Waals surface area contributed by atoms with Gasteiger partial charge in [0, 0.05) is 25.3 Å². The van der Waals surface area contributed by atoms with Crippen molar-refractivity contribution in [3.8, 4) is 0 Å². The average Bonchev–Trinajstić information content (AvgIpc) is 2.27. The van der Waals surface area contributed by atoms with Crippen molar-refractivity contribution in [3.05, 3.63) is 29.3 Å². The zero-order valence-corrected chi connectivity index (χ0v) is 10.4. The summed E-state index contributed by atoms with van der Waals surface area (Å²) < 4.78 is 0. The summed E-state index contributed by atoms with van der Waals surface area (Å²) in [5.41, 5.74) is 2.99. The van der Waals surface area contributed by atoms with Crippen LogP contribution in [0.5, 0.6) is 0 Å². The van der Waals surface area contributed by atoms with E-state index in [9.17, 15) is 4.79 Å². The Labute approximate surface area is 97.2 Å². The molecule has 1 rings (SSSR count). The van der Waals surface area contributed by atoms with Crippen molar-refractivity contribution in [1.82, 2.24) is 5.32 Å². The van der Waals surface area contributed by atoms with E-state index in [4.69, 9.17) is 0 Å². The number of benzene rings is 1. The van der Waals surface area contributed by atoms with Gasteiger partial charge in [-0.3, -0.25) is 4.79 Å². The lowest BCUT2D eigenvalue weighted by Gasteiger charge is -2.12. The van der Waals surface area contributed by atoms with Crippen LogP contribution in [0.4, 0.5) is 5.69 Å². The summed E-state index contributed by atoms with van der Waals surface area (Å²) in [6.45, 7) is 4.37. The third-order valence-corrected chi connectivity index (χ3v) is 2.50. The van der Waals surface area contributed by atoms with Crippen molar-refractivity contribution in [2.75, 3.05) is 19.4 Å². The Morgan fingerprint density at radius 1 is 1.31 bits per heavy atom. The number of rotatable bonds is 4. The second-order valence-electron chi connectivity index (χ2n) is 4.30. The molecule has 0 aromatic heterocycles. The Bertz CT molecular complexity index is 372. The molecular weight excluding hydrogens is 200 g/mol. The monoisotopic (exact) mass is 220 g/mol. The van der Waals surface area contributed by atoms with E-state index in [0.29, 0.717) is 11.5 Å². The predicted octanol–water partition coefficient (Wildman–Crippen LogP) is 2.29. The molecule has 3 nitrogen and oxygen atoms in total. The molecule has 0 saturated carbocycles. The molecule has 0 aliphatic carbocycles. The molecule has 2 N–H and O–H groups in total. The molecule has 0 aliphatic heterocycles. The summed E-state index contributed by atoms with van der Waals surface area (Å²) in [5.74, 6) is 0.561. The Hall–Kier alpha value is -1.51. The molecule has 0 radical (unpaired) electrons. The van der Waals surface area contributed by atoms with Gasteiger partial charge < -0.3 is 10.6 Å². The number of hydrogen-bond acceptors (Lipinski definition) is 2. The van der Waals surface area contributed by atoms with E-state index < -0.39 is 0 Å². The van der Waals surface area contributed by atoms with Crippen molar-refractivity contribution in [2.45, 2.75) is 20.3 Å². The highest BCUT2D eigenvalue weighted by Gasteiger charge is 2.08. The number of hydrogen-bond donors (Lipinski definition) is 2. The summed E-state index contributed by atoms with van der Waals surface area (Å²) in [4.78, 5) is 11.5. The van der Waals surface area contributed by atoms with E-state index in [1.165, 1.54) is 5.56 Å². The maximum Gasteiger partial charge on any atom is 0.251 e. The molecule has 0 heterocycles. The highest BCUT2D eigenvalue weighted by atomic mass is 16.1. The minimum absolute atomic E-state index is 0.0485. The Kier molecular flexibility index (Phi) is 4.35. The predicted molar refractivity (Wildman–Crippen MR) is 67.9 cm³/mol. The van der Waals surface area contributed by atoms with Gasteiger partial charge in [0.25, 0.3) is 5.91 Å². The molecule has 88 valence electrons. The van der Waals surface area contributed by atoms with Gasteiger partial charge in [-0.15, -0.1) is 0 Å². The zero-order valence-electron chi connectivity index (χ0n) is 10.4. The Morgan fingerprint density at radius 2 is 2.00 bits per heavy atom. The zero-order chi connectivity index (χ0) is 12.1. The SMILES string of the molecule is CNC(=O)c1ccc(CC(C)C)c(NC)c1. The Balaban J connectivity index is 3.01. The minimum atomic E-state index is -0.0485. The van der Waals surface area contributed by atoms with E-state index in [-0.39, 0.29) is 5.91 Å². The first-order chi connectivity index (χ1) is 7.58. The van der Waals surface area contributed by atoms with Crippen LogP contribution in [0, 0.1) is 5.92 Å². The first kappa shape index (κ1) is 12.6. The molecule has 0 atom stereocenters. The van der Waals surface area contributed by atoms with Gasteiger partial charge in [0.2, 0.25) is 0 Å². The number of carbonyl (C=O) groups is 1. The molecule has 0 aliphatic rings. The van der Waals surface area contributed by atoms with E-state index in [2.05, 4.69) is 24.5 Å². The van der Waals surface area contributed by atoms with Crippen LogP contribution in [0.2, 0.25) is 0 Å². The number of nitrogens with one attached hydrogen (secondary N) is 2. The van der Waals surface area contributed by atoms with Gasteiger partial charge in [0.15, 0.2) is 0 Å². The quantitative estimate of drug-likeness (QED) is 0.817. The maximum atomic E-state index is 11.5. The Morgan fingerprint density at radius 3 is 2.50 bits per heavy atom. The second-order valence-corrected chi connectivity index (χ2v) is 4.30. The van der Waals surface area contributed by atoms with Gasteiger partial charge in [-0.2, -0.15) is 0 Å². The summed E-state index contributed by atoms with van der Waals surface area (Å²) in [7, 11) is 3.52. The number of carbonyl (C=O) groups excluding carboxylic acids is 1. The van der Waals surface area contributed by atoms with Crippen LogP contribution in [0.25, 0.3) is 0 Å². The topological polar surface area (TPSA) is 41.1 Å². The lowest BCUT2D eigenvalue weighted by Crippen LogP contribution is -2.18. The van der Waals surface area contributed by atoms with Crippen molar-refractivity contribution >= 4 is 11.6 Å². The van der Waals surface area contributed by atoms with Crippen molar-refractivity contribution in [2.24, 2.45) is 5.92 Å². The molecule has 0 fully saturated rings. The van der Waals surface area contributed by atoms with Gasteiger partial charge in [-0.1, -0.05) is 19.9 Å². The van der Waals surface area contributed by atoms with Gasteiger partial charge in [0.1, 0.15) is 0 Å². The molecule has 1 aromatic rings. The summed E-state index contributed by atoms with van der Waals surface area (Å²) >= 11 is 0. The van der Waals surface area contributed by atoms with E-state index in [1.54, 1.807) is 7.05 Å². The smallest absolute Gasteiger partial charge is 0.251 e. The van der Waals surface area contributed by atoms with E-state index >= 15 is 0 Å². The fourth-order valence-corrected chi connectivity index (χ4v) is 1.71. The van der Waals surface area contributed by atoms with Gasteiger partial charge in [-0.25, -0.2) is 0 Å². The molecule has 0 unspecified atom stereocenters. The third kappa shape index (κ3) is 2.99. The highest BCUT2D eigenvalue weighted by Crippen LogP contribution is 2.20. The first-order valence-corrected chi connectivity index (χ1v) is 5.61. The summed E-state index contributed by atoms with van der Waals surface area (Å²) in [5, 5.41) is 5.77. The first-order valence-electron chi connectivity index (χ1n) is 5.61. The number of amides is 1. The summed E-state index contributed by atoms with van der Waals surface area (Å²) in [6, 6.07) is 5.80. The lowest BCUT2D eigenvalue weighted by molar-refractivity contribution is 0.0963. The average molecular weight is 220 g/mol. The second kappa shape index (κ2) is 5.54. The van der Waals surface area contributed by atoms with Crippen molar-refractivity contribution in [3.63, 3.8) is 0 Å². The molecule has 3 heteroatoms. The van der Waals surface area contributed by atoms with Crippen molar-refractivity contribution < 1.29 is 4.79 Å². The highest BCUT2D eigenvalue weighted by molar-refractivity contribution is 5.95. The van der Waals surface area contributed by atoms with Crippen LogP contribution in [-0.4, -0.2) is 20.0 Å². The van der Waals surface area contributed by atoms with Gasteiger partial charge in [-0.05, 0) is 30.0 Å². The van der Waals surface area contributed by atoms with Crippen LogP contribution in [0.3, 0.4) is 0 Å². The van der Waals surface area contributed by atoms with Gasteiger partial charge >= 0.3 is 0 Å². The van der Waals surface area contributed by atoms with Crippen molar-refractivity contribution in [1.29, 1.82) is 0 Å². The molecule has 16 heavy (non-hydrogen) atoms. The van der Waals surface area contributed by atoms with Crippen LogP contribution in [0.1, 0.15) is 29.8 Å². The van der Waals surface area contributed by atoms with Gasteiger partial charge in [0.05, 0.1) is 0 Å². The molecule has 1 amide bonds. The van der Waals surface area contributed by atoms with E-state index in [1.807, 2.05) is 25.2 Å². The molecule has 1 aromatic carbocycles. The molecule has 0 bridgehead atoms. The lowest BCUT2D eigenvalue weighted by atomic mass is 9.99. The largest absolute Gasteiger partial charge is 0.388 e. The fourth-order valence-electron chi connectivity index (χ4n) is 1.71. The van der Waals surface area contributed by atoms with Crippen LogP contribution in [0.15, 0.2) is 18.2 Å². The molecular formula is C13H20N2O. The van der Waals surface area contributed by atoms with E-state index in [0.717, 1.165) is 12.1 Å². The van der Waals surface area contributed by atoms with Crippen LogP contribution in [-0.2, 0) is 6.42 Å². The minimum Gasteiger partial charge on any atom is -0.388 e. The molecule has 0 spiro atoms. The fraction of sp³-hybridized carbons (Fsp3) is 0.462. The maximum absolute atomic E-state index is 11.5. The third-order valence-electron chi connectivity index (χ3n) is 2.50. The van der Waals surface area contributed by atoms with Crippen LogP contribution < -0.4 is 10.6 Å². The standard InChI is InChI=1S/C13H20N2O/c1-9(2)7-10-5-6-11(13(16)15-4)8-12(10)14-3/h5-6,8-9,14H,7H2,1-4H3,(H,15,16). The summed E-state index contributed by atoms with van der Waals surface area (Å²) in [6.07, 6.45) is 1.02. The van der Waals surface area contributed by atoms with Crippen LogP contribution >= 0.6 is 0 Å².